The largest absolute Gasteiger partial charge is 0.497 e. The molecule has 0 aromatic heterocycles. The van der Waals surface area contributed by atoms with E-state index >= 15 is 0 Å². The van der Waals surface area contributed by atoms with Crippen molar-refractivity contribution in [3.8, 4) is 5.75 Å². The van der Waals surface area contributed by atoms with Crippen molar-refractivity contribution in [1.82, 2.24) is 5.32 Å². The lowest BCUT2D eigenvalue weighted by Crippen LogP contribution is -2.44. The Kier molecular flexibility index (Phi) is 7.54. The summed E-state index contributed by atoms with van der Waals surface area (Å²) < 4.78 is 10.5. The van der Waals surface area contributed by atoms with E-state index in [1.54, 1.807) is 7.11 Å². The Balaban J connectivity index is 2.65. The molecule has 1 aromatic carbocycles. The number of amides is 1. The van der Waals surface area contributed by atoms with Crippen LogP contribution in [0.1, 0.15) is 34.6 Å². The van der Waals surface area contributed by atoms with Gasteiger partial charge in [0.25, 0.3) is 0 Å². The normalized spacial score (nSPS) is 13.3. The second-order valence-electron chi connectivity index (χ2n) is 7.08. The first kappa shape index (κ1) is 20.6. The van der Waals surface area contributed by atoms with Crippen LogP contribution in [0.3, 0.4) is 0 Å². The molecule has 1 amide bonds. The van der Waals surface area contributed by atoms with Gasteiger partial charge in [0, 0.05) is 11.8 Å². The molecule has 0 saturated heterocycles. The van der Waals surface area contributed by atoms with Crippen molar-refractivity contribution >= 4 is 17.7 Å². The molecule has 1 aromatic rings. The number of hydrogen-bond acceptors (Lipinski definition) is 4. The molecule has 7 heteroatoms. The molecule has 0 fully saturated rings. The minimum absolute atomic E-state index is 0.180. The molecule has 0 radical (unpaired) electrons. The molecule has 0 bridgehead atoms. The van der Waals surface area contributed by atoms with E-state index in [4.69, 9.17) is 15.2 Å². The third kappa shape index (κ3) is 8.28. The Hall–Kier alpha value is -2.44. The molecule has 140 valence electrons. The first-order valence-electron chi connectivity index (χ1n) is 8.31. The van der Waals surface area contributed by atoms with Crippen molar-refractivity contribution in [1.29, 1.82) is 0 Å². The van der Waals surface area contributed by atoms with Crippen LogP contribution in [0.4, 0.5) is 10.5 Å². The summed E-state index contributed by atoms with van der Waals surface area (Å²) in [6.07, 6.45) is -0.458. The van der Waals surface area contributed by atoms with Crippen molar-refractivity contribution in [2.75, 3.05) is 19.0 Å². The van der Waals surface area contributed by atoms with Gasteiger partial charge in [0.2, 0.25) is 0 Å². The first-order chi connectivity index (χ1) is 11.6. The van der Waals surface area contributed by atoms with Crippen molar-refractivity contribution < 1.29 is 14.3 Å². The van der Waals surface area contributed by atoms with E-state index in [1.807, 2.05) is 58.9 Å². The number of carbonyl (C=O) groups excluding carboxylic acids is 1. The van der Waals surface area contributed by atoms with E-state index in [9.17, 15) is 4.79 Å². The quantitative estimate of drug-likeness (QED) is 0.541. The van der Waals surface area contributed by atoms with Crippen molar-refractivity contribution in [3.05, 3.63) is 24.3 Å². The lowest BCUT2D eigenvalue weighted by molar-refractivity contribution is 0.0493. The Morgan fingerprint density at radius 1 is 1.32 bits per heavy atom. The van der Waals surface area contributed by atoms with Crippen LogP contribution < -0.4 is 21.1 Å². The predicted octanol–water partition coefficient (Wildman–Crippen LogP) is 2.97. The fourth-order valence-corrected chi connectivity index (χ4v) is 1.97. The molecule has 1 unspecified atom stereocenters. The number of benzene rings is 1. The summed E-state index contributed by atoms with van der Waals surface area (Å²) in [5, 5.41) is 5.85. The SMILES string of the molecule is COc1cccc(NC(N)=NCC(NC(=O)OC(C)(C)C)C(C)C)c1. The summed E-state index contributed by atoms with van der Waals surface area (Å²) in [5.41, 5.74) is 6.17. The Labute approximate surface area is 150 Å². The second kappa shape index (κ2) is 9.15. The number of carbonyl (C=O) groups is 1. The second-order valence-corrected chi connectivity index (χ2v) is 7.08. The number of anilines is 1. The Morgan fingerprint density at radius 2 is 2.00 bits per heavy atom. The molecule has 0 aliphatic carbocycles. The van der Waals surface area contributed by atoms with Crippen molar-refractivity contribution in [2.45, 2.75) is 46.3 Å². The van der Waals surface area contributed by atoms with Gasteiger partial charge in [-0.15, -0.1) is 0 Å². The van der Waals surface area contributed by atoms with Crippen LogP contribution in [0.15, 0.2) is 29.3 Å². The number of nitrogens with zero attached hydrogens (tertiary/aromatic N) is 1. The van der Waals surface area contributed by atoms with Gasteiger partial charge in [-0.1, -0.05) is 19.9 Å². The van der Waals surface area contributed by atoms with Crippen molar-refractivity contribution in [3.63, 3.8) is 0 Å². The number of ether oxygens (including phenoxy) is 2. The summed E-state index contributed by atoms with van der Waals surface area (Å²) >= 11 is 0. The average Bonchev–Trinajstić information content (AvgIpc) is 2.49. The number of nitrogens with two attached hydrogens (primary N) is 1. The van der Waals surface area contributed by atoms with Gasteiger partial charge in [-0.3, -0.25) is 4.99 Å². The fourth-order valence-electron chi connectivity index (χ4n) is 1.97. The highest BCUT2D eigenvalue weighted by Gasteiger charge is 2.21. The zero-order valence-electron chi connectivity index (χ0n) is 15.9. The van der Waals surface area contributed by atoms with Crippen LogP contribution in [-0.4, -0.2) is 37.4 Å². The molecular formula is C18H30N4O3. The molecule has 0 heterocycles. The molecule has 4 N–H and O–H groups in total. The van der Waals surface area contributed by atoms with Gasteiger partial charge < -0.3 is 25.8 Å². The van der Waals surface area contributed by atoms with E-state index in [-0.39, 0.29) is 17.9 Å². The van der Waals surface area contributed by atoms with E-state index in [2.05, 4.69) is 15.6 Å². The molecule has 0 spiro atoms. The van der Waals surface area contributed by atoms with E-state index < -0.39 is 11.7 Å². The number of guanidine groups is 1. The summed E-state index contributed by atoms with van der Waals surface area (Å²) in [7, 11) is 1.60. The van der Waals surface area contributed by atoms with Gasteiger partial charge >= 0.3 is 6.09 Å². The van der Waals surface area contributed by atoms with Gasteiger partial charge in [-0.05, 0) is 38.8 Å². The standard InChI is InChI=1S/C18H30N4O3/c1-12(2)15(22-17(23)25-18(3,4)5)11-20-16(19)21-13-8-7-9-14(10-13)24-6/h7-10,12,15H,11H2,1-6H3,(H,22,23)(H3,19,20,21). The molecule has 25 heavy (non-hydrogen) atoms. The van der Waals surface area contributed by atoms with Crippen LogP contribution in [-0.2, 0) is 4.74 Å². The van der Waals surface area contributed by atoms with Gasteiger partial charge in [0.1, 0.15) is 11.4 Å². The number of hydrogen-bond donors (Lipinski definition) is 3. The maximum absolute atomic E-state index is 11.9. The minimum Gasteiger partial charge on any atom is -0.497 e. The predicted molar refractivity (Wildman–Crippen MR) is 101 cm³/mol. The smallest absolute Gasteiger partial charge is 0.407 e. The Morgan fingerprint density at radius 3 is 2.56 bits per heavy atom. The molecular weight excluding hydrogens is 320 g/mol. The highest BCUT2D eigenvalue weighted by molar-refractivity contribution is 5.92. The monoisotopic (exact) mass is 350 g/mol. The van der Waals surface area contributed by atoms with Gasteiger partial charge in [-0.25, -0.2) is 4.79 Å². The van der Waals surface area contributed by atoms with Crippen molar-refractivity contribution in [2.24, 2.45) is 16.6 Å². The summed E-state index contributed by atoms with van der Waals surface area (Å²) in [6, 6.07) is 7.21. The van der Waals surface area contributed by atoms with E-state index in [0.717, 1.165) is 11.4 Å². The number of rotatable bonds is 6. The highest BCUT2D eigenvalue weighted by atomic mass is 16.6. The summed E-state index contributed by atoms with van der Waals surface area (Å²) in [4.78, 5) is 16.3. The summed E-state index contributed by atoms with van der Waals surface area (Å²) in [5.74, 6) is 1.18. The van der Waals surface area contributed by atoms with Crippen LogP contribution in [0.5, 0.6) is 5.75 Å². The van der Waals surface area contributed by atoms with Crippen LogP contribution in [0.25, 0.3) is 0 Å². The topological polar surface area (TPSA) is 98.0 Å². The highest BCUT2D eigenvalue weighted by Crippen LogP contribution is 2.16. The Bertz CT molecular complexity index is 594. The molecule has 0 aliphatic rings. The van der Waals surface area contributed by atoms with Gasteiger partial charge in [-0.2, -0.15) is 0 Å². The zero-order chi connectivity index (χ0) is 19.0. The van der Waals surface area contributed by atoms with Crippen LogP contribution >= 0.6 is 0 Å². The third-order valence-electron chi connectivity index (χ3n) is 3.31. The first-order valence-corrected chi connectivity index (χ1v) is 8.31. The molecule has 1 rings (SSSR count). The molecule has 7 nitrogen and oxygen atoms in total. The number of aliphatic imine (C=N–C) groups is 1. The van der Waals surface area contributed by atoms with Crippen LogP contribution in [0.2, 0.25) is 0 Å². The zero-order valence-corrected chi connectivity index (χ0v) is 15.9. The molecule has 0 saturated carbocycles. The van der Waals surface area contributed by atoms with Gasteiger partial charge in [0.05, 0.1) is 19.7 Å². The summed E-state index contributed by atoms with van der Waals surface area (Å²) in [6.45, 7) is 9.83. The maximum Gasteiger partial charge on any atom is 0.407 e. The maximum atomic E-state index is 11.9. The van der Waals surface area contributed by atoms with Gasteiger partial charge in [0.15, 0.2) is 5.96 Å². The number of nitrogens with one attached hydrogen (secondary N) is 2. The van der Waals surface area contributed by atoms with E-state index in [0.29, 0.717) is 6.54 Å². The number of alkyl carbamates (subject to hydrolysis) is 1. The average molecular weight is 350 g/mol. The third-order valence-corrected chi connectivity index (χ3v) is 3.31. The fraction of sp³-hybridized carbons (Fsp3) is 0.556. The number of methoxy groups -OCH3 is 1. The lowest BCUT2D eigenvalue weighted by Gasteiger charge is -2.25. The lowest BCUT2D eigenvalue weighted by atomic mass is 10.1. The van der Waals surface area contributed by atoms with E-state index in [1.165, 1.54) is 0 Å². The van der Waals surface area contributed by atoms with Crippen LogP contribution in [0, 0.1) is 5.92 Å². The minimum atomic E-state index is -0.540. The molecule has 0 aliphatic heterocycles. The molecule has 1 atom stereocenters.